The number of nitrogens with one attached hydrogen (secondary N) is 1. The maximum Gasteiger partial charge on any atom is 0.239 e. The Labute approximate surface area is 110 Å². The van der Waals surface area contributed by atoms with E-state index in [0.29, 0.717) is 0 Å². The minimum atomic E-state index is -1.76. The lowest BCUT2D eigenvalue weighted by Crippen LogP contribution is -2.56. The van der Waals surface area contributed by atoms with Gasteiger partial charge in [-0.05, 0) is 19.3 Å². The van der Waals surface area contributed by atoms with E-state index in [0.717, 1.165) is 31.4 Å². The molecule has 2 atom stereocenters. The highest BCUT2D eigenvalue weighted by atomic mass is 35.6. The summed E-state index contributed by atoms with van der Waals surface area (Å²) in [4.78, 5) is 0. The highest BCUT2D eigenvalue weighted by Gasteiger charge is 2.57. The van der Waals surface area contributed by atoms with Gasteiger partial charge in [0, 0.05) is 5.71 Å². The van der Waals surface area contributed by atoms with Crippen LogP contribution in [0.1, 0.15) is 38.5 Å². The molecule has 2 unspecified atom stereocenters. The van der Waals surface area contributed by atoms with Crippen molar-refractivity contribution in [2.24, 2.45) is 11.0 Å². The third-order valence-corrected chi connectivity index (χ3v) is 4.25. The number of fused-ring (bicyclic) bond motifs is 1. The lowest BCUT2D eigenvalue weighted by molar-refractivity contribution is -0.0141. The van der Waals surface area contributed by atoms with Crippen LogP contribution in [0.25, 0.3) is 0 Å². The molecule has 0 saturated heterocycles. The first-order chi connectivity index (χ1) is 7.45. The highest BCUT2D eigenvalue weighted by Crippen LogP contribution is 2.46. The molecule has 6 heteroatoms. The predicted octanol–water partition coefficient (Wildman–Crippen LogP) is 2.97. The zero-order valence-electron chi connectivity index (χ0n) is 8.85. The zero-order valence-corrected chi connectivity index (χ0v) is 11.1. The summed E-state index contributed by atoms with van der Waals surface area (Å²) in [6.07, 6.45) is 6.19. The average Bonchev–Trinajstić information content (AvgIpc) is 2.42. The summed E-state index contributed by atoms with van der Waals surface area (Å²) in [5.41, 5.74) is 2.01. The van der Waals surface area contributed by atoms with Gasteiger partial charge in [0.15, 0.2) is 0 Å². The summed E-state index contributed by atoms with van der Waals surface area (Å²) in [7, 11) is 0. The van der Waals surface area contributed by atoms with Crippen molar-refractivity contribution in [3.8, 4) is 0 Å². The molecule has 92 valence electrons. The van der Waals surface area contributed by atoms with Gasteiger partial charge in [0.1, 0.15) is 0 Å². The number of aliphatic hydroxyl groups is 1. The first-order valence-electron chi connectivity index (χ1n) is 5.58. The molecule has 0 amide bonds. The number of hydrazone groups is 1. The molecule has 0 aromatic heterocycles. The van der Waals surface area contributed by atoms with Gasteiger partial charge in [0.25, 0.3) is 0 Å². The summed E-state index contributed by atoms with van der Waals surface area (Å²) in [5.74, 6) is -0.180. The van der Waals surface area contributed by atoms with Gasteiger partial charge in [0.05, 0.1) is 5.92 Å². The van der Waals surface area contributed by atoms with E-state index in [1.54, 1.807) is 0 Å². The molecule has 0 radical (unpaired) electrons. The molecule has 16 heavy (non-hydrogen) atoms. The molecule has 0 aromatic carbocycles. The number of nitrogens with zero attached hydrogens (tertiary/aromatic N) is 1. The van der Waals surface area contributed by atoms with Crippen molar-refractivity contribution in [1.29, 1.82) is 0 Å². The van der Waals surface area contributed by atoms with Crippen molar-refractivity contribution in [3.63, 3.8) is 0 Å². The maximum absolute atomic E-state index is 10.4. The summed E-state index contributed by atoms with van der Waals surface area (Å²) in [6, 6.07) is 0. The molecule has 0 bridgehead atoms. The Bertz CT molecular complexity index is 303. The van der Waals surface area contributed by atoms with Crippen molar-refractivity contribution >= 4 is 40.5 Å². The van der Waals surface area contributed by atoms with Crippen LogP contribution in [0, 0.1) is 5.92 Å². The smallest absolute Gasteiger partial charge is 0.239 e. The van der Waals surface area contributed by atoms with Crippen molar-refractivity contribution in [2.75, 3.05) is 0 Å². The number of rotatable bonds is 0. The van der Waals surface area contributed by atoms with Crippen LogP contribution in [-0.4, -0.2) is 20.3 Å². The third-order valence-electron chi connectivity index (χ3n) is 3.38. The summed E-state index contributed by atoms with van der Waals surface area (Å²) < 4.78 is -1.76. The Morgan fingerprint density at radius 2 is 1.94 bits per heavy atom. The molecule has 2 N–H and O–H groups in total. The van der Waals surface area contributed by atoms with E-state index in [9.17, 15) is 5.11 Å². The normalized spacial score (nSPS) is 35.8. The van der Waals surface area contributed by atoms with E-state index in [-0.39, 0.29) is 5.92 Å². The van der Waals surface area contributed by atoms with Crippen molar-refractivity contribution in [3.05, 3.63) is 0 Å². The molecule has 1 heterocycles. The van der Waals surface area contributed by atoms with Gasteiger partial charge in [-0.25, -0.2) is 0 Å². The van der Waals surface area contributed by atoms with Gasteiger partial charge in [-0.2, -0.15) is 5.10 Å². The lowest BCUT2D eigenvalue weighted by atomic mass is 9.84. The molecule has 1 aliphatic heterocycles. The van der Waals surface area contributed by atoms with Gasteiger partial charge >= 0.3 is 0 Å². The maximum atomic E-state index is 10.4. The van der Waals surface area contributed by atoms with E-state index in [1.807, 2.05) is 0 Å². The highest BCUT2D eigenvalue weighted by molar-refractivity contribution is 6.68. The van der Waals surface area contributed by atoms with E-state index in [2.05, 4.69) is 10.5 Å². The van der Waals surface area contributed by atoms with Gasteiger partial charge in [-0.3, -0.25) is 5.43 Å². The molecule has 1 fully saturated rings. The predicted molar refractivity (Wildman–Crippen MR) is 67.0 cm³/mol. The molecule has 0 aromatic rings. The van der Waals surface area contributed by atoms with Crippen LogP contribution < -0.4 is 5.43 Å². The van der Waals surface area contributed by atoms with Gasteiger partial charge in [-0.1, -0.05) is 54.1 Å². The Kier molecular flexibility index (Phi) is 3.60. The Morgan fingerprint density at radius 3 is 2.62 bits per heavy atom. The van der Waals surface area contributed by atoms with Gasteiger partial charge in [0.2, 0.25) is 9.52 Å². The van der Waals surface area contributed by atoms with E-state index in [4.69, 9.17) is 34.8 Å². The van der Waals surface area contributed by atoms with Crippen LogP contribution in [0.15, 0.2) is 5.10 Å². The lowest BCUT2D eigenvalue weighted by Gasteiger charge is -2.36. The minimum Gasteiger partial charge on any atom is -0.366 e. The van der Waals surface area contributed by atoms with E-state index >= 15 is 0 Å². The Balaban J connectivity index is 2.21. The second-order valence-electron chi connectivity index (χ2n) is 4.48. The number of hydrogen-bond donors (Lipinski definition) is 2. The van der Waals surface area contributed by atoms with Crippen LogP contribution in [0.4, 0.5) is 0 Å². The molecule has 1 saturated carbocycles. The molecule has 0 spiro atoms. The number of alkyl halides is 3. The fourth-order valence-electron chi connectivity index (χ4n) is 2.43. The number of hydrogen-bond acceptors (Lipinski definition) is 3. The fraction of sp³-hybridized carbons (Fsp3) is 0.900. The monoisotopic (exact) mass is 284 g/mol. The van der Waals surface area contributed by atoms with Crippen LogP contribution in [-0.2, 0) is 0 Å². The van der Waals surface area contributed by atoms with Gasteiger partial charge in [-0.15, -0.1) is 0 Å². The Hall–Kier alpha value is 0.300. The summed E-state index contributed by atoms with van der Waals surface area (Å²) in [5, 5.41) is 14.6. The van der Waals surface area contributed by atoms with Gasteiger partial charge < -0.3 is 5.11 Å². The molecular weight excluding hydrogens is 270 g/mol. The van der Waals surface area contributed by atoms with Crippen LogP contribution in [0.3, 0.4) is 0 Å². The molecule has 3 nitrogen and oxygen atoms in total. The first kappa shape index (κ1) is 12.7. The van der Waals surface area contributed by atoms with E-state index < -0.39 is 9.52 Å². The standard InChI is InChI=1S/C10H15Cl3N2O/c11-10(12,13)9(16)7-5-3-1-2-4-6-8(7)14-15-9/h7,15-16H,1-6H2. The van der Waals surface area contributed by atoms with Crippen LogP contribution >= 0.6 is 34.8 Å². The van der Waals surface area contributed by atoms with Crippen LogP contribution in [0.2, 0.25) is 0 Å². The van der Waals surface area contributed by atoms with E-state index in [1.165, 1.54) is 12.8 Å². The first-order valence-corrected chi connectivity index (χ1v) is 6.71. The average molecular weight is 286 g/mol. The van der Waals surface area contributed by atoms with Crippen molar-refractivity contribution in [1.82, 2.24) is 5.43 Å². The third kappa shape index (κ3) is 2.15. The SMILES string of the molecule is OC1(C(Cl)(Cl)Cl)NN=C2CCCCCCC21. The quantitative estimate of drug-likeness (QED) is 0.672. The van der Waals surface area contributed by atoms with Crippen molar-refractivity contribution in [2.45, 2.75) is 48.0 Å². The summed E-state index contributed by atoms with van der Waals surface area (Å²) in [6.45, 7) is 0. The molecule has 2 rings (SSSR count). The second-order valence-corrected chi connectivity index (χ2v) is 6.77. The summed E-state index contributed by atoms with van der Waals surface area (Å²) >= 11 is 17.5. The molecule has 1 aliphatic carbocycles. The number of halogens is 3. The second kappa shape index (κ2) is 4.52. The molecule has 2 aliphatic rings. The zero-order chi connectivity index (χ0) is 11.8. The largest absolute Gasteiger partial charge is 0.366 e. The molecular formula is C10H15Cl3N2O. The van der Waals surface area contributed by atoms with Crippen molar-refractivity contribution < 1.29 is 5.11 Å². The fourth-order valence-corrected chi connectivity index (χ4v) is 2.95. The Morgan fingerprint density at radius 1 is 1.25 bits per heavy atom. The van der Waals surface area contributed by atoms with Crippen LogP contribution in [0.5, 0.6) is 0 Å². The minimum absolute atomic E-state index is 0.180. The topological polar surface area (TPSA) is 44.6 Å².